The maximum Gasteiger partial charge on any atom is 0.0233 e. The molecule has 1 saturated heterocycles. The lowest BCUT2D eigenvalue weighted by atomic mass is 9.72. The van der Waals surface area contributed by atoms with Gasteiger partial charge >= 0.3 is 0 Å². The van der Waals surface area contributed by atoms with E-state index in [2.05, 4.69) is 54.2 Å². The van der Waals surface area contributed by atoms with Crippen molar-refractivity contribution >= 4 is 0 Å². The Bertz CT molecular complexity index is 418. The molecule has 0 radical (unpaired) electrons. The molecule has 0 N–H and O–H groups in total. The van der Waals surface area contributed by atoms with Gasteiger partial charge in [0, 0.05) is 19.1 Å². The quantitative estimate of drug-likeness (QED) is 0.832. The fourth-order valence-corrected chi connectivity index (χ4v) is 4.14. The first-order valence-corrected chi connectivity index (χ1v) is 8.10. The molecule has 1 spiro atoms. The van der Waals surface area contributed by atoms with Crippen molar-refractivity contribution in [3.63, 3.8) is 0 Å². The highest BCUT2D eigenvalue weighted by atomic mass is 15.2. The second-order valence-corrected chi connectivity index (χ2v) is 7.14. The molecule has 1 heterocycles. The second kappa shape index (κ2) is 5.87. The van der Waals surface area contributed by atoms with Crippen LogP contribution in [0, 0.1) is 5.41 Å². The molecular weight excluding hydrogens is 244 g/mol. The molecule has 0 unspecified atom stereocenters. The zero-order chi connectivity index (χ0) is 14.0. The van der Waals surface area contributed by atoms with Crippen LogP contribution in [0.1, 0.15) is 37.7 Å². The van der Waals surface area contributed by atoms with Crippen LogP contribution in [0.25, 0.3) is 0 Å². The molecule has 2 heteroatoms. The number of likely N-dealkylation sites (tertiary alicyclic amines) is 1. The predicted octanol–water partition coefficient (Wildman–Crippen LogP) is 3.38. The van der Waals surface area contributed by atoms with Crippen LogP contribution in [-0.2, 0) is 6.54 Å². The summed E-state index contributed by atoms with van der Waals surface area (Å²) in [5.74, 6) is 0. The van der Waals surface area contributed by atoms with Gasteiger partial charge in [-0.1, -0.05) is 30.3 Å². The standard InChI is InChI=1S/C18H28N2/c1-19(2)17-8-10-18(11-9-17)12-13-20(15-18)14-16-6-4-3-5-7-16/h3-7,17H,8-15H2,1-2H3. The van der Waals surface area contributed by atoms with Gasteiger partial charge in [-0.3, -0.25) is 4.90 Å². The molecule has 1 aliphatic carbocycles. The van der Waals surface area contributed by atoms with E-state index in [4.69, 9.17) is 0 Å². The smallest absolute Gasteiger partial charge is 0.0233 e. The van der Waals surface area contributed by atoms with Gasteiger partial charge in [-0.05, 0) is 63.7 Å². The van der Waals surface area contributed by atoms with E-state index in [0.717, 1.165) is 12.6 Å². The maximum absolute atomic E-state index is 2.67. The lowest BCUT2D eigenvalue weighted by molar-refractivity contribution is 0.120. The van der Waals surface area contributed by atoms with E-state index in [0.29, 0.717) is 5.41 Å². The van der Waals surface area contributed by atoms with Crippen LogP contribution < -0.4 is 0 Å². The first kappa shape index (κ1) is 14.1. The van der Waals surface area contributed by atoms with E-state index in [1.807, 2.05) is 0 Å². The third kappa shape index (κ3) is 3.07. The Balaban J connectivity index is 1.55. The number of hydrogen-bond acceptors (Lipinski definition) is 2. The van der Waals surface area contributed by atoms with Crippen LogP contribution in [0.15, 0.2) is 30.3 Å². The Morgan fingerprint density at radius 1 is 1.10 bits per heavy atom. The molecule has 1 aromatic carbocycles. The van der Waals surface area contributed by atoms with Gasteiger partial charge < -0.3 is 4.90 Å². The molecule has 110 valence electrons. The van der Waals surface area contributed by atoms with E-state index in [-0.39, 0.29) is 0 Å². The third-order valence-electron chi connectivity index (χ3n) is 5.51. The predicted molar refractivity (Wildman–Crippen MR) is 84.7 cm³/mol. The molecule has 1 aromatic rings. The summed E-state index contributed by atoms with van der Waals surface area (Å²) in [6, 6.07) is 11.8. The van der Waals surface area contributed by atoms with Gasteiger partial charge in [0.05, 0.1) is 0 Å². The minimum atomic E-state index is 0.640. The number of hydrogen-bond donors (Lipinski definition) is 0. The minimum absolute atomic E-state index is 0.640. The highest BCUT2D eigenvalue weighted by Gasteiger charge is 2.40. The van der Waals surface area contributed by atoms with Crippen molar-refractivity contribution < 1.29 is 0 Å². The van der Waals surface area contributed by atoms with Crippen LogP contribution in [0.3, 0.4) is 0 Å². The Labute approximate surface area is 123 Å². The van der Waals surface area contributed by atoms with E-state index in [1.165, 1.54) is 50.8 Å². The highest BCUT2D eigenvalue weighted by molar-refractivity contribution is 5.15. The Kier molecular flexibility index (Phi) is 4.13. The normalized spacial score (nSPS) is 31.2. The summed E-state index contributed by atoms with van der Waals surface area (Å²) in [7, 11) is 4.47. The zero-order valence-corrected chi connectivity index (χ0v) is 13.0. The van der Waals surface area contributed by atoms with E-state index >= 15 is 0 Å². The van der Waals surface area contributed by atoms with Crippen LogP contribution in [0.5, 0.6) is 0 Å². The molecule has 0 bridgehead atoms. The summed E-state index contributed by atoms with van der Waals surface area (Å²) in [5.41, 5.74) is 2.10. The highest BCUT2D eigenvalue weighted by Crippen LogP contribution is 2.44. The number of rotatable bonds is 3. The fourth-order valence-electron chi connectivity index (χ4n) is 4.14. The Hall–Kier alpha value is -0.860. The lowest BCUT2D eigenvalue weighted by Gasteiger charge is -2.39. The first-order valence-electron chi connectivity index (χ1n) is 8.10. The third-order valence-corrected chi connectivity index (χ3v) is 5.51. The molecule has 2 aliphatic rings. The summed E-state index contributed by atoms with van der Waals surface area (Å²) in [6.45, 7) is 3.75. The van der Waals surface area contributed by atoms with Crippen molar-refractivity contribution in [2.75, 3.05) is 27.2 Å². The summed E-state index contributed by atoms with van der Waals surface area (Å²) in [5, 5.41) is 0. The van der Waals surface area contributed by atoms with E-state index < -0.39 is 0 Å². The van der Waals surface area contributed by atoms with Crippen molar-refractivity contribution in [1.82, 2.24) is 9.80 Å². The van der Waals surface area contributed by atoms with Gasteiger partial charge in [-0.2, -0.15) is 0 Å². The van der Waals surface area contributed by atoms with Crippen molar-refractivity contribution in [2.24, 2.45) is 5.41 Å². The maximum atomic E-state index is 2.67. The molecule has 1 saturated carbocycles. The molecule has 0 atom stereocenters. The van der Waals surface area contributed by atoms with Crippen LogP contribution in [0.2, 0.25) is 0 Å². The molecule has 0 aromatic heterocycles. The monoisotopic (exact) mass is 272 g/mol. The fraction of sp³-hybridized carbons (Fsp3) is 0.667. The average Bonchev–Trinajstić information content (AvgIpc) is 2.83. The van der Waals surface area contributed by atoms with Crippen LogP contribution >= 0.6 is 0 Å². The van der Waals surface area contributed by atoms with Crippen molar-refractivity contribution in [3.05, 3.63) is 35.9 Å². The Morgan fingerprint density at radius 2 is 1.80 bits per heavy atom. The SMILES string of the molecule is CN(C)C1CCC2(CC1)CCN(Cc1ccccc1)C2. The van der Waals surface area contributed by atoms with Crippen molar-refractivity contribution in [2.45, 2.75) is 44.7 Å². The van der Waals surface area contributed by atoms with E-state index in [1.54, 1.807) is 0 Å². The average molecular weight is 272 g/mol. The van der Waals surface area contributed by atoms with E-state index in [9.17, 15) is 0 Å². The van der Waals surface area contributed by atoms with Crippen LogP contribution in [-0.4, -0.2) is 43.0 Å². The summed E-state index contributed by atoms with van der Waals surface area (Å²) >= 11 is 0. The van der Waals surface area contributed by atoms with Gasteiger partial charge in [-0.15, -0.1) is 0 Å². The van der Waals surface area contributed by atoms with Crippen molar-refractivity contribution in [1.29, 1.82) is 0 Å². The molecule has 20 heavy (non-hydrogen) atoms. The molecular formula is C18H28N2. The minimum Gasteiger partial charge on any atom is -0.306 e. The van der Waals surface area contributed by atoms with Gasteiger partial charge in [0.1, 0.15) is 0 Å². The summed E-state index contributed by atoms with van der Waals surface area (Å²) < 4.78 is 0. The molecule has 3 rings (SSSR count). The van der Waals surface area contributed by atoms with Gasteiger partial charge in [-0.25, -0.2) is 0 Å². The zero-order valence-electron chi connectivity index (χ0n) is 13.0. The second-order valence-electron chi connectivity index (χ2n) is 7.14. The number of benzene rings is 1. The first-order chi connectivity index (χ1) is 9.67. The summed E-state index contributed by atoms with van der Waals surface area (Å²) in [6.07, 6.45) is 7.07. The number of nitrogens with zero attached hydrogens (tertiary/aromatic N) is 2. The molecule has 0 amide bonds. The van der Waals surface area contributed by atoms with Gasteiger partial charge in [0.25, 0.3) is 0 Å². The Morgan fingerprint density at radius 3 is 2.45 bits per heavy atom. The lowest BCUT2D eigenvalue weighted by Crippen LogP contribution is -2.38. The van der Waals surface area contributed by atoms with Gasteiger partial charge in [0.2, 0.25) is 0 Å². The molecule has 2 nitrogen and oxygen atoms in total. The summed E-state index contributed by atoms with van der Waals surface area (Å²) in [4.78, 5) is 5.09. The van der Waals surface area contributed by atoms with Gasteiger partial charge in [0.15, 0.2) is 0 Å². The molecule has 2 fully saturated rings. The van der Waals surface area contributed by atoms with Crippen LogP contribution in [0.4, 0.5) is 0 Å². The van der Waals surface area contributed by atoms with Crippen molar-refractivity contribution in [3.8, 4) is 0 Å². The topological polar surface area (TPSA) is 6.48 Å². The molecule has 1 aliphatic heterocycles. The largest absolute Gasteiger partial charge is 0.306 e.